The quantitative estimate of drug-likeness (QED) is 0.0817. The maximum atomic E-state index is 9.12. The fourth-order valence-corrected chi connectivity index (χ4v) is 3.96. The van der Waals surface area contributed by atoms with Crippen molar-refractivity contribution >= 4 is 34.4 Å². The van der Waals surface area contributed by atoms with Crippen LogP contribution in [-0.4, -0.2) is 22.0 Å². The van der Waals surface area contributed by atoms with Crippen molar-refractivity contribution in [2.75, 3.05) is 9.80 Å². The highest BCUT2D eigenvalue weighted by Crippen LogP contribution is 2.25. The minimum absolute atomic E-state index is 0. The van der Waals surface area contributed by atoms with Gasteiger partial charge in [-0.3, -0.25) is 0 Å². The molecule has 1 atom stereocenters. The molecule has 0 aromatic heterocycles. The van der Waals surface area contributed by atoms with E-state index in [2.05, 4.69) is 54.9 Å². The molecule has 234 valence electrons. The van der Waals surface area contributed by atoms with E-state index in [1.807, 2.05) is 126 Å². The molecule has 2 aromatic carbocycles. The van der Waals surface area contributed by atoms with Crippen molar-refractivity contribution in [2.45, 2.75) is 39.3 Å². The lowest BCUT2D eigenvalue weighted by Crippen LogP contribution is -2.20. The SMILES string of the molecule is C.C.C=C/C=C\C(=C)N(/C=C/C(Br)CC=C)c1ccccc1.C=C/C=C\C(=C)N(C(/C=C\C)=C/CB(O)O)c1ccccc1. The van der Waals surface area contributed by atoms with Gasteiger partial charge in [0.15, 0.2) is 0 Å². The maximum absolute atomic E-state index is 9.12. The second-order valence-corrected chi connectivity index (χ2v) is 9.95. The van der Waals surface area contributed by atoms with Gasteiger partial charge in [-0.1, -0.05) is 142 Å². The van der Waals surface area contributed by atoms with Gasteiger partial charge in [0.2, 0.25) is 0 Å². The number of anilines is 2. The number of hydrogen-bond acceptors (Lipinski definition) is 4. The van der Waals surface area contributed by atoms with Crippen LogP contribution in [0.3, 0.4) is 0 Å². The highest BCUT2D eigenvalue weighted by Gasteiger charge is 2.13. The first-order chi connectivity index (χ1) is 20.3. The third kappa shape index (κ3) is 16.5. The fourth-order valence-electron chi connectivity index (χ4n) is 3.56. The van der Waals surface area contributed by atoms with Crippen LogP contribution in [0.15, 0.2) is 184 Å². The summed E-state index contributed by atoms with van der Waals surface area (Å²) in [6, 6.07) is 19.9. The van der Waals surface area contributed by atoms with Gasteiger partial charge in [-0.15, -0.1) is 6.58 Å². The van der Waals surface area contributed by atoms with Crippen LogP contribution in [0.1, 0.15) is 28.2 Å². The van der Waals surface area contributed by atoms with Crippen molar-refractivity contribution in [3.8, 4) is 0 Å². The van der Waals surface area contributed by atoms with E-state index >= 15 is 0 Å². The van der Waals surface area contributed by atoms with E-state index in [1.54, 1.807) is 18.2 Å². The minimum atomic E-state index is -1.38. The number of rotatable bonds is 16. The zero-order chi connectivity index (χ0) is 31.2. The van der Waals surface area contributed by atoms with E-state index in [9.17, 15) is 0 Å². The lowest BCUT2D eigenvalue weighted by molar-refractivity contribution is 0.411. The van der Waals surface area contributed by atoms with Crippen LogP contribution in [0.25, 0.3) is 0 Å². The van der Waals surface area contributed by atoms with Gasteiger partial charge in [0.05, 0.1) is 0 Å². The summed E-state index contributed by atoms with van der Waals surface area (Å²) in [6.45, 7) is 21.2. The third-order valence-corrected chi connectivity index (χ3v) is 6.14. The lowest BCUT2D eigenvalue weighted by atomic mass is 9.86. The molecule has 0 aliphatic rings. The number of benzene rings is 2. The summed E-state index contributed by atoms with van der Waals surface area (Å²) in [5.74, 6) is 0. The van der Waals surface area contributed by atoms with Crippen LogP contribution < -0.4 is 9.80 Å². The smallest absolute Gasteiger partial charge is 0.427 e. The molecule has 2 rings (SSSR count). The van der Waals surface area contributed by atoms with Crippen LogP contribution in [0.2, 0.25) is 6.32 Å². The van der Waals surface area contributed by atoms with E-state index in [1.165, 1.54) is 0 Å². The van der Waals surface area contributed by atoms with Gasteiger partial charge in [0.1, 0.15) is 0 Å². The second-order valence-electron chi connectivity index (χ2n) is 8.78. The normalized spacial score (nSPS) is 11.6. The summed E-state index contributed by atoms with van der Waals surface area (Å²) in [4.78, 5) is 4.25. The van der Waals surface area contributed by atoms with Gasteiger partial charge in [-0.25, -0.2) is 0 Å². The average molecular weight is 658 g/mol. The van der Waals surface area contributed by atoms with Crippen molar-refractivity contribution in [1.29, 1.82) is 0 Å². The van der Waals surface area contributed by atoms with Crippen LogP contribution >= 0.6 is 15.9 Å². The Morgan fingerprint density at radius 3 is 1.84 bits per heavy atom. The van der Waals surface area contributed by atoms with E-state index in [-0.39, 0.29) is 26.0 Å². The van der Waals surface area contributed by atoms with Gasteiger partial charge < -0.3 is 19.8 Å². The first kappa shape index (κ1) is 42.0. The predicted octanol–water partition coefficient (Wildman–Crippen LogP) is 10.6. The Kier molecular flexibility index (Phi) is 24.3. The average Bonchev–Trinajstić information content (AvgIpc) is 2.99. The lowest BCUT2D eigenvalue weighted by Gasteiger charge is -2.26. The molecule has 1 unspecified atom stereocenters. The summed E-state index contributed by atoms with van der Waals surface area (Å²) in [5, 5.41) is 18.2. The van der Waals surface area contributed by atoms with Crippen molar-refractivity contribution in [2.24, 2.45) is 0 Å². The molecule has 0 aliphatic heterocycles. The van der Waals surface area contributed by atoms with E-state index in [0.717, 1.165) is 34.9 Å². The molecule has 0 radical (unpaired) electrons. The number of alkyl halides is 1. The molecule has 0 amide bonds. The van der Waals surface area contributed by atoms with Crippen molar-refractivity contribution in [3.05, 3.63) is 184 Å². The van der Waals surface area contributed by atoms with Gasteiger partial charge >= 0.3 is 7.12 Å². The number of allylic oxidation sites excluding steroid dienone is 11. The molecule has 0 bridgehead atoms. The molecule has 0 saturated heterocycles. The summed E-state index contributed by atoms with van der Waals surface area (Å²) >= 11 is 3.59. The van der Waals surface area contributed by atoms with Crippen LogP contribution in [0, 0.1) is 0 Å². The summed E-state index contributed by atoms with van der Waals surface area (Å²) in [6.07, 6.45) is 23.5. The third-order valence-electron chi connectivity index (χ3n) is 5.46. The molecule has 0 spiro atoms. The van der Waals surface area contributed by atoms with Crippen LogP contribution in [0.5, 0.6) is 0 Å². The van der Waals surface area contributed by atoms with Crippen LogP contribution in [0.4, 0.5) is 11.4 Å². The Morgan fingerprint density at radius 2 is 1.36 bits per heavy atom. The Balaban J connectivity index is 0. The first-order valence-electron chi connectivity index (χ1n) is 13.6. The first-order valence-corrected chi connectivity index (χ1v) is 14.5. The minimum Gasteiger partial charge on any atom is -0.427 e. The van der Waals surface area contributed by atoms with E-state index in [0.29, 0.717) is 0 Å². The Labute approximate surface area is 276 Å². The number of para-hydroxylation sites is 2. The van der Waals surface area contributed by atoms with Gasteiger partial charge in [-0.05, 0) is 55.8 Å². The molecule has 44 heavy (non-hydrogen) atoms. The molecule has 0 fully saturated rings. The Morgan fingerprint density at radius 1 is 0.841 bits per heavy atom. The molecule has 0 heterocycles. The molecule has 2 N–H and O–H groups in total. The largest absolute Gasteiger partial charge is 0.455 e. The second kappa shape index (κ2) is 25.4. The van der Waals surface area contributed by atoms with Gasteiger partial charge in [0.25, 0.3) is 0 Å². The monoisotopic (exact) mass is 656 g/mol. The van der Waals surface area contributed by atoms with Crippen molar-refractivity contribution in [1.82, 2.24) is 0 Å². The maximum Gasteiger partial charge on any atom is 0.455 e. The number of nitrogens with zero attached hydrogens (tertiary/aromatic N) is 2. The fraction of sp³-hybridized carbons (Fsp3) is 0.158. The summed E-state index contributed by atoms with van der Waals surface area (Å²) in [5.41, 5.74) is 4.47. The number of hydrogen-bond donors (Lipinski definition) is 2. The van der Waals surface area contributed by atoms with Crippen molar-refractivity contribution in [3.63, 3.8) is 0 Å². The zero-order valence-corrected chi connectivity index (χ0v) is 26.1. The molecular weight excluding hydrogens is 607 g/mol. The van der Waals surface area contributed by atoms with E-state index < -0.39 is 7.12 Å². The van der Waals surface area contributed by atoms with Crippen molar-refractivity contribution < 1.29 is 10.0 Å². The molecular formula is C38H50BBrN2O2. The molecule has 4 nitrogen and oxygen atoms in total. The van der Waals surface area contributed by atoms with Crippen LogP contribution in [-0.2, 0) is 0 Å². The summed E-state index contributed by atoms with van der Waals surface area (Å²) < 4.78 is 0. The molecule has 0 saturated carbocycles. The number of halogens is 1. The Bertz CT molecular complexity index is 1280. The standard InChI is InChI=1S/C18H22BNO2.C18H20BrN.2CH4/c1-4-6-11-16(3)20(18-12-8-7-9-13-18)17(10-5-2)14-15-19(21)22;1-4-6-11-16(3)20(15-14-17(19)10-5-2)18-12-8-7-9-13-18;;/h4-14,21-22H,1,3,15H2,2H3;4-9,11-15,17H,1-3,10H2;2*1H4/b10-5-,11-6-,17-14+;11-6-,15-14+;;. The summed E-state index contributed by atoms with van der Waals surface area (Å²) in [7, 11) is -1.38. The molecule has 0 aliphatic carbocycles. The predicted molar refractivity (Wildman–Crippen MR) is 203 cm³/mol. The van der Waals surface area contributed by atoms with E-state index in [4.69, 9.17) is 10.0 Å². The van der Waals surface area contributed by atoms with Gasteiger partial charge in [0, 0.05) is 45.8 Å². The topological polar surface area (TPSA) is 46.9 Å². The highest BCUT2D eigenvalue weighted by atomic mass is 79.9. The van der Waals surface area contributed by atoms with Gasteiger partial charge in [-0.2, -0.15) is 0 Å². The highest BCUT2D eigenvalue weighted by molar-refractivity contribution is 9.09. The molecule has 6 heteroatoms. The Hall–Kier alpha value is -4.10. The zero-order valence-electron chi connectivity index (χ0n) is 24.5. The molecule has 2 aromatic rings.